The normalized spacial score (nSPS) is 21.0. The van der Waals surface area contributed by atoms with Gasteiger partial charge >= 0.3 is 16.1 Å². The van der Waals surface area contributed by atoms with Crippen LogP contribution in [0.2, 0.25) is 0 Å². The first kappa shape index (κ1) is 27.9. The lowest BCUT2D eigenvalue weighted by Gasteiger charge is -2.32. The second-order valence-electron chi connectivity index (χ2n) is 10.0. The fourth-order valence-corrected chi connectivity index (χ4v) is 6.02. The molecule has 1 spiro atoms. The number of nitrogens with zero attached hydrogens (tertiary/aromatic N) is 4. The molecule has 11 nitrogen and oxygen atoms in total. The van der Waals surface area contributed by atoms with Crippen molar-refractivity contribution in [2.75, 3.05) is 38.0 Å². The van der Waals surface area contributed by atoms with E-state index in [2.05, 4.69) is 15.0 Å². The largest absolute Gasteiger partial charge is 0.453 e. The summed E-state index contributed by atoms with van der Waals surface area (Å²) in [6, 6.07) is 8.46. The van der Waals surface area contributed by atoms with Gasteiger partial charge in [-0.3, -0.25) is 4.72 Å². The summed E-state index contributed by atoms with van der Waals surface area (Å²) in [5, 5.41) is 13.1. The van der Waals surface area contributed by atoms with Crippen LogP contribution < -0.4 is 14.8 Å². The van der Waals surface area contributed by atoms with Crippen molar-refractivity contribution in [1.29, 1.82) is 5.26 Å². The Kier molecular flexibility index (Phi) is 7.70. The zero-order chi connectivity index (χ0) is 28.5. The van der Waals surface area contributed by atoms with Crippen molar-refractivity contribution in [3.63, 3.8) is 0 Å². The molecular formula is C27H30FN6O5S+. The van der Waals surface area contributed by atoms with E-state index in [1.54, 1.807) is 13.0 Å². The van der Waals surface area contributed by atoms with E-state index < -0.39 is 21.8 Å². The number of hydrogen-bond donors (Lipinski definition) is 2. The number of halogens is 1. The van der Waals surface area contributed by atoms with Crippen LogP contribution in [0.3, 0.4) is 0 Å². The third kappa shape index (κ3) is 5.48. The Bertz CT molecular complexity index is 1550. The van der Waals surface area contributed by atoms with Crippen molar-refractivity contribution in [3.8, 4) is 17.6 Å². The highest BCUT2D eigenvalue weighted by molar-refractivity contribution is 7.90. The van der Waals surface area contributed by atoms with Gasteiger partial charge in [-0.1, -0.05) is 6.92 Å². The molecular weight excluding hydrogens is 539 g/mol. The van der Waals surface area contributed by atoms with Gasteiger partial charge in [-0.2, -0.15) is 22.6 Å². The van der Waals surface area contributed by atoms with Crippen molar-refractivity contribution < 1.29 is 31.7 Å². The van der Waals surface area contributed by atoms with Gasteiger partial charge in [-0.25, -0.2) is 9.18 Å². The standard InChI is InChI=1S/C27H30FN6O5S/c1-3-33(2)40(36,37)32-24-7-5-22(28)25(21(24)14-29)39-19-4-6-23-20(12-19)26(35)34(17-31-23)15-18-13-27(38-16-18)8-10-30-11-9-27/h4-7,12,15,17-18,30,32H,3,8-11,13,16H2,1-2H3/q+1. The molecule has 5 rings (SSSR count). The van der Waals surface area contributed by atoms with E-state index in [0.717, 1.165) is 48.8 Å². The van der Waals surface area contributed by atoms with Crippen LogP contribution in [0, 0.1) is 23.1 Å². The maximum absolute atomic E-state index is 14.8. The Labute approximate surface area is 232 Å². The third-order valence-corrected chi connectivity index (χ3v) is 8.97. The van der Waals surface area contributed by atoms with Crippen molar-refractivity contribution in [2.45, 2.75) is 31.8 Å². The molecule has 1 unspecified atom stereocenters. The molecule has 2 aromatic rings. The van der Waals surface area contributed by atoms with Crippen LogP contribution in [-0.2, 0) is 14.9 Å². The van der Waals surface area contributed by atoms with Gasteiger partial charge in [0.15, 0.2) is 17.3 Å². The number of amides is 1. The Balaban J connectivity index is 1.39. The van der Waals surface area contributed by atoms with Crippen LogP contribution in [-0.4, -0.2) is 74.6 Å². The minimum absolute atomic E-state index is 0.0556. The molecule has 0 saturated carbocycles. The monoisotopic (exact) mass is 569 g/mol. The van der Waals surface area contributed by atoms with Crippen LogP contribution in [0.4, 0.5) is 15.8 Å². The number of ether oxygens (including phenoxy) is 2. The molecule has 0 aliphatic carbocycles. The highest BCUT2D eigenvalue weighted by Gasteiger charge is 2.42. The molecule has 13 heteroatoms. The van der Waals surface area contributed by atoms with Crippen molar-refractivity contribution in [2.24, 2.45) is 10.9 Å². The van der Waals surface area contributed by atoms with Crippen LogP contribution in [0.25, 0.3) is 0 Å². The number of nitrogens with one attached hydrogen (secondary N) is 2. The minimum atomic E-state index is -3.97. The Morgan fingerprint density at radius 2 is 2.12 bits per heavy atom. The molecule has 1 atom stereocenters. The molecule has 210 valence electrons. The van der Waals surface area contributed by atoms with Gasteiger partial charge in [0.2, 0.25) is 0 Å². The lowest BCUT2D eigenvalue weighted by molar-refractivity contribution is -0.290. The number of aliphatic imine (C=N–C) groups is 1. The molecule has 3 aliphatic rings. The summed E-state index contributed by atoms with van der Waals surface area (Å²) >= 11 is 0. The number of anilines is 1. The molecule has 0 bridgehead atoms. The molecule has 40 heavy (non-hydrogen) atoms. The van der Waals surface area contributed by atoms with Gasteiger partial charge in [-0.05, 0) is 61.6 Å². The predicted molar refractivity (Wildman–Crippen MR) is 146 cm³/mol. The summed E-state index contributed by atoms with van der Waals surface area (Å²) in [6.07, 6.45) is 5.99. The lowest BCUT2D eigenvalue weighted by atomic mass is 9.86. The van der Waals surface area contributed by atoms with Crippen LogP contribution in [0.15, 0.2) is 35.3 Å². The van der Waals surface area contributed by atoms with Crippen LogP contribution in [0.1, 0.15) is 42.1 Å². The van der Waals surface area contributed by atoms with Crippen LogP contribution in [0.5, 0.6) is 11.5 Å². The van der Waals surface area contributed by atoms with Gasteiger partial charge in [0.05, 0.1) is 24.1 Å². The number of benzene rings is 2. The zero-order valence-electron chi connectivity index (χ0n) is 22.2. The van der Waals surface area contributed by atoms with Gasteiger partial charge in [0.25, 0.3) is 6.34 Å². The van der Waals surface area contributed by atoms with Crippen LogP contribution >= 0.6 is 0 Å². The number of carbonyl (C=O) groups excluding carboxylic acids is 1. The van der Waals surface area contributed by atoms with Crippen molar-refractivity contribution >= 4 is 40.0 Å². The van der Waals surface area contributed by atoms with E-state index in [1.807, 2.05) is 12.3 Å². The topological polar surface area (TPSA) is 136 Å². The number of carbonyl (C=O) groups is 1. The summed E-state index contributed by atoms with van der Waals surface area (Å²) in [5.74, 6) is -1.52. The summed E-state index contributed by atoms with van der Waals surface area (Å²) in [6.45, 7) is 4.18. The molecule has 3 heterocycles. The SMILES string of the molecule is CCN(C)S(=O)(=O)Nc1ccc(F)c(Oc2ccc3c(c2)C(=O)[N+](=CC2COC4(CCNCC4)C2)C=N3)c1C#N. The highest BCUT2D eigenvalue weighted by Crippen LogP contribution is 2.38. The summed E-state index contributed by atoms with van der Waals surface area (Å²) < 4.78 is 56.5. The Morgan fingerprint density at radius 3 is 2.85 bits per heavy atom. The number of piperidine rings is 1. The van der Waals surface area contributed by atoms with E-state index in [0.29, 0.717) is 12.3 Å². The molecule has 2 N–H and O–H groups in total. The van der Waals surface area contributed by atoms with Crippen molar-refractivity contribution in [3.05, 3.63) is 47.3 Å². The quantitative estimate of drug-likeness (QED) is 0.489. The second kappa shape index (κ2) is 11.1. The smallest absolute Gasteiger partial charge is 0.349 e. The van der Waals surface area contributed by atoms with Gasteiger partial charge in [0.1, 0.15) is 22.9 Å². The molecule has 2 aromatic carbocycles. The first-order valence-electron chi connectivity index (χ1n) is 13.0. The molecule has 0 radical (unpaired) electrons. The minimum Gasteiger partial charge on any atom is -0.453 e. The molecule has 3 aliphatic heterocycles. The average Bonchev–Trinajstić information content (AvgIpc) is 3.33. The van der Waals surface area contributed by atoms with Crippen molar-refractivity contribution in [1.82, 2.24) is 9.62 Å². The van der Waals surface area contributed by atoms with E-state index in [-0.39, 0.29) is 46.5 Å². The van der Waals surface area contributed by atoms with Gasteiger partial charge in [0, 0.05) is 25.6 Å². The summed E-state index contributed by atoms with van der Waals surface area (Å²) in [4.78, 5) is 17.7. The lowest BCUT2D eigenvalue weighted by Crippen LogP contribution is -2.41. The first-order chi connectivity index (χ1) is 19.1. The van der Waals surface area contributed by atoms with E-state index in [1.165, 1.54) is 30.1 Å². The van der Waals surface area contributed by atoms with E-state index in [4.69, 9.17) is 9.47 Å². The highest BCUT2D eigenvalue weighted by atomic mass is 32.2. The summed E-state index contributed by atoms with van der Waals surface area (Å²) in [7, 11) is -2.60. The maximum Gasteiger partial charge on any atom is 0.349 e. The zero-order valence-corrected chi connectivity index (χ0v) is 23.0. The van der Waals surface area contributed by atoms with E-state index >= 15 is 0 Å². The predicted octanol–water partition coefficient (Wildman–Crippen LogP) is 3.15. The second-order valence-corrected chi connectivity index (χ2v) is 11.8. The third-order valence-electron chi connectivity index (χ3n) is 7.41. The number of fused-ring (bicyclic) bond motifs is 1. The molecule has 1 amide bonds. The number of rotatable bonds is 7. The number of nitriles is 1. The maximum atomic E-state index is 14.8. The fraction of sp³-hybridized carbons (Fsp3) is 0.407. The molecule has 0 aromatic heterocycles. The Morgan fingerprint density at radius 1 is 1.35 bits per heavy atom. The molecule has 2 saturated heterocycles. The van der Waals surface area contributed by atoms with E-state index in [9.17, 15) is 22.9 Å². The summed E-state index contributed by atoms with van der Waals surface area (Å²) in [5.41, 5.74) is 0.0391. The fourth-order valence-electron chi connectivity index (χ4n) is 5.08. The number of hydrogen-bond acceptors (Lipinski definition) is 8. The molecule has 2 fully saturated rings. The van der Waals surface area contributed by atoms with Gasteiger partial charge < -0.3 is 14.8 Å². The Hall–Kier alpha value is -3.70. The van der Waals surface area contributed by atoms with Gasteiger partial charge in [-0.15, -0.1) is 0 Å². The first-order valence-corrected chi connectivity index (χ1v) is 14.4. The average molecular weight is 570 g/mol.